The first-order valence-corrected chi connectivity index (χ1v) is 4.97. The Labute approximate surface area is 72.2 Å². The van der Waals surface area contributed by atoms with Crippen molar-refractivity contribution in [3.05, 3.63) is 22.4 Å². The normalized spacial score (nSPS) is 13.3. The second-order valence-electron chi connectivity index (χ2n) is 2.79. The molecular formula is C9H15NS. The van der Waals surface area contributed by atoms with E-state index >= 15 is 0 Å². The minimum atomic E-state index is 0.675. The molecule has 62 valence electrons. The van der Waals surface area contributed by atoms with Gasteiger partial charge in [-0.2, -0.15) is 0 Å². The Morgan fingerprint density at radius 3 is 2.91 bits per heavy atom. The largest absolute Gasteiger partial charge is 0.330 e. The van der Waals surface area contributed by atoms with E-state index in [4.69, 9.17) is 5.73 Å². The van der Waals surface area contributed by atoms with Crippen LogP contribution in [0.15, 0.2) is 17.5 Å². The van der Waals surface area contributed by atoms with Crippen LogP contribution in [0, 0.1) is 5.92 Å². The van der Waals surface area contributed by atoms with Gasteiger partial charge in [0.05, 0.1) is 0 Å². The molecule has 0 fully saturated rings. The van der Waals surface area contributed by atoms with Crippen molar-refractivity contribution in [2.45, 2.75) is 19.8 Å². The third-order valence-corrected chi connectivity index (χ3v) is 2.88. The molecule has 1 aromatic heterocycles. The van der Waals surface area contributed by atoms with Crippen molar-refractivity contribution >= 4 is 11.3 Å². The maximum absolute atomic E-state index is 5.60. The van der Waals surface area contributed by atoms with Gasteiger partial charge in [-0.1, -0.05) is 19.4 Å². The summed E-state index contributed by atoms with van der Waals surface area (Å²) in [4.78, 5) is 1.46. The second kappa shape index (κ2) is 4.52. The maximum atomic E-state index is 5.60. The van der Waals surface area contributed by atoms with Crippen LogP contribution in [0.3, 0.4) is 0 Å². The summed E-state index contributed by atoms with van der Waals surface area (Å²) in [5, 5.41) is 2.12. The first kappa shape index (κ1) is 8.75. The van der Waals surface area contributed by atoms with Gasteiger partial charge in [0.15, 0.2) is 0 Å². The lowest BCUT2D eigenvalue weighted by molar-refractivity contribution is 0.523. The van der Waals surface area contributed by atoms with Crippen molar-refractivity contribution in [1.29, 1.82) is 0 Å². The molecule has 1 aromatic rings. The predicted molar refractivity (Wildman–Crippen MR) is 50.9 cm³/mol. The van der Waals surface area contributed by atoms with Gasteiger partial charge >= 0.3 is 0 Å². The molecule has 0 saturated carbocycles. The van der Waals surface area contributed by atoms with Crippen molar-refractivity contribution in [2.24, 2.45) is 11.7 Å². The van der Waals surface area contributed by atoms with Crippen molar-refractivity contribution in [2.75, 3.05) is 6.54 Å². The molecule has 1 rings (SSSR count). The monoisotopic (exact) mass is 169 g/mol. The van der Waals surface area contributed by atoms with Gasteiger partial charge in [0.2, 0.25) is 0 Å². The molecule has 2 heteroatoms. The quantitative estimate of drug-likeness (QED) is 0.735. The summed E-state index contributed by atoms with van der Waals surface area (Å²) in [7, 11) is 0. The molecule has 1 atom stereocenters. The lowest BCUT2D eigenvalue weighted by atomic mass is 10.0. The average Bonchev–Trinajstić information content (AvgIpc) is 2.52. The van der Waals surface area contributed by atoms with Crippen molar-refractivity contribution in [3.8, 4) is 0 Å². The summed E-state index contributed by atoms with van der Waals surface area (Å²) in [6, 6.07) is 4.28. The Bertz CT molecular complexity index is 177. The first-order chi connectivity index (χ1) is 5.36. The van der Waals surface area contributed by atoms with E-state index in [-0.39, 0.29) is 0 Å². The van der Waals surface area contributed by atoms with Gasteiger partial charge in [-0.15, -0.1) is 11.3 Å². The second-order valence-corrected chi connectivity index (χ2v) is 3.83. The molecule has 0 radical (unpaired) electrons. The third-order valence-electron chi connectivity index (χ3n) is 1.98. The van der Waals surface area contributed by atoms with Gasteiger partial charge in [-0.05, 0) is 30.3 Å². The summed E-state index contributed by atoms with van der Waals surface area (Å²) >= 11 is 1.83. The standard InChI is InChI=1S/C9H15NS/c1-2-8(7-10)6-9-4-3-5-11-9/h3-5,8H,2,6-7,10H2,1H3. The Morgan fingerprint density at radius 1 is 1.64 bits per heavy atom. The molecule has 0 aliphatic rings. The van der Waals surface area contributed by atoms with Gasteiger partial charge in [0, 0.05) is 4.88 Å². The van der Waals surface area contributed by atoms with Crippen molar-refractivity contribution in [1.82, 2.24) is 0 Å². The van der Waals surface area contributed by atoms with Gasteiger partial charge in [-0.25, -0.2) is 0 Å². The molecule has 0 spiro atoms. The van der Waals surface area contributed by atoms with E-state index in [1.54, 1.807) is 0 Å². The molecule has 0 bridgehead atoms. The maximum Gasteiger partial charge on any atom is 0.00484 e. The summed E-state index contributed by atoms with van der Waals surface area (Å²) in [5.74, 6) is 0.675. The lowest BCUT2D eigenvalue weighted by Crippen LogP contribution is -2.15. The molecular weight excluding hydrogens is 154 g/mol. The molecule has 0 aliphatic carbocycles. The smallest absolute Gasteiger partial charge is 0.00484 e. The molecule has 0 aromatic carbocycles. The number of rotatable bonds is 4. The highest BCUT2D eigenvalue weighted by molar-refractivity contribution is 7.09. The highest BCUT2D eigenvalue weighted by Gasteiger charge is 2.04. The Kier molecular flexibility index (Phi) is 3.60. The predicted octanol–water partition coefficient (Wildman–Crippen LogP) is 2.28. The van der Waals surface area contributed by atoms with E-state index in [1.165, 1.54) is 11.3 Å². The van der Waals surface area contributed by atoms with Crippen LogP contribution in [0.4, 0.5) is 0 Å². The molecule has 1 heterocycles. The van der Waals surface area contributed by atoms with Crippen LogP contribution < -0.4 is 5.73 Å². The zero-order valence-electron chi connectivity index (χ0n) is 6.92. The SMILES string of the molecule is CCC(CN)Cc1cccs1. The van der Waals surface area contributed by atoms with Gasteiger partial charge < -0.3 is 5.73 Å². The van der Waals surface area contributed by atoms with E-state index in [9.17, 15) is 0 Å². The fourth-order valence-corrected chi connectivity index (χ4v) is 1.93. The number of nitrogens with two attached hydrogens (primary N) is 1. The molecule has 2 N–H and O–H groups in total. The van der Waals surface area contributed by atoms with Gasteiger partial charge in [-0.3, -0.25) is 0 Å². The van der Waals surface area contributed by atoms with Crippen LogP contribution in [-0.2, 0) is 6.42 Å². The Hall–Kier alpha value is -0.340. The van der Waals surface area contributed by atoms with Crippen LogP contribution in [0.2, 0.25) is 0 Å². The zero-order valence-corrected chi connectivity index (χ0v) is 7.73. The molecule has 0 saturated heterocycles. The number of hydrogen-bond acceptors (Lipinski definition) is 2. The minimum absolute atomic E-state index is 0.675. The minimum Gasteiger partial charge on any atom is -0.330 e. The van der Waals surface area contributed by atoms with Crippen LogP contribution in [0.1, 0.15) is 18.2 Å². The van der Waals surface area contributed by atoms with E-state index in [2.05, 4.69) is 24.4 Å². The first-order valence-electron chi connectivity index (χ1n) is 4.09. The lowest BCUT2D eigenvalue weighted by Gasteiger charge is -2.09. The van der Waals surface area contributed by atoms with Crippen LogP contribution in [0.5, 0.6) is 0 Å². The summed E-state index contributed by atoms with van der Waals surface area (Å²) in [6.45, 7) is 3.01. The number of hydrogen-bond donors (Lipinski definition) is 1. The van der Waals surface area contributed by atoms with Crippen LogP contribution in [0.25, 0.3) is 0 Å². The zero-order chi connectivity index (χ0) is 8.10. The van der Waals surface area contributed by atoms with E-state index < -0.39 is 0 Å². The third kappa shape index (κ3) is 2.64. The summed E-state index contributed by atoms with van der Waals surface area (Å²) in [6.07, 6.45) is 2.35. The summed E-state index contributed by atoms with van der Waals surface area (Å²) < 4.78 is 0. The molecule has 11 heavy (non-hydrogen) atoms. The number of thiophene rings is 1. The summed E-state index contributed by atoms with van der Waals surface area (Å²) in [5.41, 5.74) is 5.60. The Morgan fingerprint density at radius 2 is 2.45 bits per heavy atom. The van der Waals surface area contributed by atoms with Crippen molar-refractivity contribution < 1.29 is 0 Å². The van der Waals surface area contributed by atoms with Crippen LogP contribution >= 0.6 is 11.3 Å². The van der Waals surface area contributed by atoms with E-state index in [1.807, 2.05) is 11.3 Å². The highest BCUT2D eigenvalue weighted by Crippen LogP contribution is 2.15. The molecule has 0 amide bonds. The highest BCUT2D eigenvalue weighted by atomic mass is 32.1. The Balaban J connectivity index is 2.41. The fourth-order valence-electron chi connectivity index (χ4n) is 1.11. The van der Waals surface area contributed by atoms with E-state index in [0.29, 0.717) is 5.92 Å². The topological polar surface area (TPSA) is 26.0 Å². The van der Waals surface area contributed by atoms with Crippen LogP contribution in [-0.4, -0.2) is 6.54 Å². The molecule has 1 unspecified atom stereocenters. The van der Waals surface area contributed by atoms with Crippen molar-refractivity contribution in [3.63, 3.8) is 0 Å². The van der Waals surface area contributed by atoms with E-state index in [0.717, 1.165) is 13.0 Å². The van der Waals surface area contributed by atoms with Gasteiger partial charge in [0.25, 0.3) is 0 Å². The fraction of sp³-hybridized carbons (Fsp3) is 0.556. The van der Waals surface area contributed by atoms with Gasteiger partial charge in [0.1, 0.15) is 0 Å². The molecule has 0 aliphatic heterocycles. The molecule has 1 nitrogen and oxygen atoms in total. The average molecular weight is 169 g/mol.